The van der Waals surface area contributed by atoms with Gasteiger partial charge in [-0.05, 0) is 54.1 Å². The van der Waals surface area contributed by atoms with Crippen molar-refractivity contribution in [1.29, 1.82) is 5.26 Å². The van der Waals surface area contributed by atoms with Crippen LogP contribution in [0.25, 0.3) is 6.08 Å². The minimum Gasteiger partial charge on any atom is -0.472 e. The van der Waals surface area contributed by atoms with Crippen molar-refractivity contribution in [3.63, 3.8) is 0 Å². The predicted molar refractivity (Wildman–Crippen MR) is 115 cm³/mol. The Morgan fingerprint density at radius 1 is 1.10 bits per heavy atom. The molecule has 30 heavy (non-hydrogen) atoms. The van der Waals surface area contributed by atoms with Crippen LogP contribution in [-0.2, 0) is 11.3 Å². The minimum absolute atomic E-state index is 0.0712. The molecule has 3 rings (SSSR count). The van der Waals surface area contributed by atoms with Gasteiger partial charge in [0.15, 0.2) is 0 Å². The van der Waals surface area contributed by atoms with Crippen LogP contribution in [0.1, 0.15) is 21.5 Å². The molecule has 2 aromatic carbocycles. The number of nitriles is 1. The number of benzene rings is 2. The molecule has 0 saturated heterocycles. The summed E-state index contributed by atoms with van der Waals surface area (Å²) in [6, 6.07) is 14.8. The first kappa shape index (κ1) is 21.2. The molecule has 0 aliphatic rings. The topological polar surface area (TPSA) is 95.1 Å². The number of carbonyl (C=O) groups is 2. The lowest BCUT2D eigenvalue weighted by Gasteiger charge is -2.09. The van der Waals surface area contributed by atoms with E-state index in [0.29, 0.717) is 26.9 Å². The summed E-state index contributed by atoms with van der Waals surface area (Å²) in [5.74, 6) is -0.857. The van der Waals surface area contributed by atoms with Gasteiger partial charge in [-0.2, -0.15) is 5.26 Å². The highest BCUT2D eigenvalue weighted by Crippen LogP contribution is 2.21. The largest absolute Gasteiger partial charge is 0.472 e. The van der Waals surface area contributed by atoms with Crippen LogP contribution in [-0.4, -0.2) is 11.8 Å². The Labute approximate surface area is 182 Å². The summed E-state index contributed by atoms with van der Waals surface area (Å²) in [5, 5.41) is 15.6. The first-order chi connectivity index (χ1) is 14.5. The van der Waals surface area contributed by atoms with Gasteiger partial charge in [0.2, 0.25) is 0 Å². The van der Waals surface area contributed by atoms with Crippen molar-refractivity contribution in [2.75, 3.05) is 5.32 Å². The first-order valence-corrected chi connectivity index (χ1v) is 9.49. The fourth-order valence-corrected chi connectivity index (χ4v) is 2.99. The molecule has 0 aliphatic carbocycles. The third-order valence-corrected chi connectivity index (χ3v) is 4.67. The second-order valence-corrected chi connectivity index (χ2v) is 7.02. The fraction of sp³-hybridized carbons (Fsp3) is 0.0455. The Kier molecular flexibility index (Phi) is 6.91. The number of anilines is 1. The Bertz CT molecular complexity index is 1130. The summed E-state index contributed by atoms with van der Waals surface area (Å²) in [7, 11) is 0. The number of furan rings is 1. The highest BCUT2D eigenvalue weighted by atomic mass is 35.5. The standard InChI is InChI=1S/C22H15Cl2N3O3/c23-18-4-1-16(20(24)10-18)12-26-21(28)15-2-5-19(6-3-15)27-22(29)17(11-25)9-14-7-8-30-13-14/h1-10,13H,12H2,(H,26,28)(H,27,29)/b17-9+. The zero-order valence-electron chi connectivity index (χ0n) is 15.5. The lowest BCUT2D eigenvalue weighted by atomic mass is 10.1. The fourth-order valence-electron chi connectivity index (χ4n) is 2.52. The van der Waals surface area contributed by atoms with Crippen LogP contribution in [0.5, 0.6) is 0 Å². The molecule has 1 heterocycles. The number of nitrogens with one attached hydrogen (secondary N) is 2. The van der Waals surface area contributed by atoms with E-state index in [0.717, 1.165) is 5.56 Å². The van der Waals surface area contributed by atoms with E-state index in [1.54, 1.807) is 48.5 Å². The van der Waals surface area contributed by atoms with E-state index in [1.165, 1.54) is 18.6 Å². The second kappa shape index (κ2) is 9.79. The van der Waals surface area contributed by atoms with Crippen molar-refractivity contribution in [3.8, 4) is 6.07 Å². The van der Waals surface area contributed by atoms with Crippen LogP contribution in [0.3, 0.4) is 0 Å². The van der Waals surface area contributed by atoms with E-state index in [4.69, 9.17) is 27.6 Å². The van der Waals surface area contributed by atoms with Crippen LogP contribution in [0, 0.1) is 11.3 Å². The normalized spacial score (nSPS) is 10.9. The number of carbonyl (C=O) groups excluding carboxylic acids is 2. The molecule has 1 aromatic heterocycles. The number of rotatable bonds is 6. The van der Waals surface area contributed by atoms with Crippen molar-refractivity contribution < 1.29 is 14.0 Å². The number of nitrogens with zero attached hydrogens (tertiary/aromatic N) is 1. The van der Waals surface area contributed by atoms with Gasteiger partial charge >= 0.3 is 0 Å². The summed E-state index contributed by atoms with van der Waals surface area (Å²) >= 11 is 12.0. The Hall–Kier alpha value is -3.53. The molecule has 0 bridgehead atoms. The van der Waals surface area contributed by atoms with Gasteiger partial charge in [-0.3, -0.25) is 9.59 Å². The Morgan fingerprint density at radius 3 is 2.50 bits per heavy atom. The van der Waals surface area contributed by atoms with Gasteiger partial charge in [0, 0.05) is 33.4 Å². The zero-order valence-corrected chi connectivity index (χ0v) is 17.0. The van der Waals surface area contributed by atoms with Crippen LogP contribution in [0.15, 0.2) is 71.0 Å². The maximum Gasteiger partial charge on any atom is 0.266 e. The van der Waals surface area contributed by atoms with Gasteiger partial charge in [0.05, 0.1) is 12.5 Å². The van der Waals surface area contributed by atoms with Gasteiger partial charge < -0.3 is 15.1 Å². The van der Waals surface area contributed by atoms with Crippen LogP contribution < -0.4 is 10.6 Å². The third-order valence-electron chi connectivity index (χ3n) is 4.08. The maximum atomic E-state index is 12.3. The van der Waals surface area contributed by atoms with E-state index in [1.807, 2.05) is 6.07 Å². The maximum absolute atomic E-state index is 12.3. The summed E-state index contributed by atoms with van der Waals surface area (Å²) in [6.45, 7) is 0.248. The molecule has 0 atom stereocenters. The molecule has 6 nitrogen and oxygen atoms in total. The van der Waals surface area contributed by atoms with Crippen LogP contribution in [0.4, 0.5) is 5.69 Å². The van der Waals surface area contributed by atoms with Gasteiger partial charge in [-0.25, -0.2) is 0 Å². The molecule has 150 valence electrons. The van der Waals surface area contributed by atoms with E-state index in [2.05, 4.69) is 10.6 Å². The van der Waals surface area contributed by atoms with Crippen molar-refractivity contribution in [1.82, 2.24) is 5.32 Å². The summed E-state index contributed by atoms with van der Waals surface area (Å²) in [5.41, 5.74) is 2.14. The van der Waals surface area contributed by atoms with E-state index < -0.39 is 5.91 Å². The molecule has 0 unspecified atom stereocenters. The van der Waals surface area contributed by atoms with E-state index >= 15 is 0 Å². The molecule has 0 radical (unpaired) electrons. The molecular weight excluding hydrogens is 425 g/mol. The molecule has 0 aliphatic heterocycles. The number of hydrogen-bond acceptors (Lipinski definition) is 4. The molecule has 2 N–H and O–H groups in total. The lowest BCUT2D eigenvalue weighted by molar-refractivity contribution is -0.112. The van der Waals surface area contributed by atoms with Gasteiger partial charge in [0.1, 0.15) is 11.6 Å². The van der Waals surface area contributed by atoms with Crippen molar-refractivity contribution in [2.45, 2.75) is 6.54 Å². The molecule has 2 amide bonds. The Morgan fingerprint density at radius 2 is 1.87 bits per heavy atom. The summed E-state index contributed by atoms with van der Waals surface area (Å²) in [6.07, 6.45) is 4.29. The molecule has 0 saturated carbocycles. The smallest absolute Gasteiger partial charge is 0.266 e. The van der Waals surface area contributed by atoms with Gasteiger partial charge in [0.25, 0.3) is 11.8 Å². The minimum atomic E-state index is -0.562. The van der Waals surface area contributed by atoms with Crippen LogP contribution in [0.2, 0.25) is 10.0 Å². The highest BCUT2D eigenvalue weighted by molar-refractivity contribution is 6.35. The molecular formula is C22H15Cl2N3O3. The van der Waals surface area contributed by atoms with Crippen molar-refractivity contribution in [2.24, 2.45) is 0 Å². The Balaban J connectivity index is 1.60. The van der Waals surface area contributed by atoms with E-state index in [9.17, 15) is 14.9 Å². The van der Waals surface area contributed by atoms with Gasteiger partial charge in [-0.15, -0.1) is 0 Å². The lowest BCUT2D eigenvalue weighted by Crippen LogP contribution is -2.23. The number of halogens is 2. The SMILES string of the molecule is N#C/C(=C\c1ccoc1)C(=O)Nc1ccc(C(=O)NCc2ccc(Cl)cc2Cl)cc1. The average molecular weight is 440 g/mol. The van der Waals surface area contributed by atoms with Crippen molar-refractivity contribution in [3.05, 3.63) is 93.4 Å². The summed E-state index contributed by atoms with van der Waals surface area (Å²) in [4.78, 5) is 24.6. The first-order valence-electron chi connectivity index (χ1n) is 8.74. The highest BCUT2D eigenvalue weighted by Gasteiger charge is 2.11. The molecule has 8 heteroatoms. The molecule has 3 aromatic rings. The monoisotopic (exact) mass is 439 g/mol. The number of amides is 2. The van der Waals surface area contributed by atoms with Crippen LogP contribution >= 0.6 is 23.2 Å². The van der Waals surface area contributed by atoms with Gasteiger partial charge in [-0.1, -0.05) is 29.3 Å². The van der Waals surface area contributed by atoms with Crippen molar-refractivity contribution >= 4 is 46.8 Å². The molecule has 0 spiro atoms. The average Bonchev–Trinajstić information content (AvgIpc) is 3.25. The second-order valence-electron chi connectivity index (χ2n) is 6.18. The quantitative estimate of drug-likeness (QED) is 0.414. The third kappa shape index (κ3) is 5.51. The summed E-state index contributed by atoms with van der Waals surface area (Å²) < 4.78 is 4.92. The van der Waals surface area contributed by atoms with E-state index in [-0.39, 0.29) is 18.0 Å². The molecule has 0 fully saturated rings. The predicted octanol–water partition coefficient (Wildman–Crippen LogP) is 5.06. The number of hydrogen-bond donors (Lipinski definition) is 2. The zero-order chi connectivity index (χ0) is 21.5.